The Balaban J connectivity index is 1.59. The van der Waals surface area contributed by atoms with Crippen LogP contribution in [0.5, 0.6) is 0 Å². The number of aryl methyl sites for hydroxylation is 1. The zero-order valence-electron chi connectivity index (χ0n) is 17.4. The maximum absolute atomic E-state index is 6.27. The molecule has 0 atom stereocenters. The van der Waals surface area contributed by atoms with E-state index in [9.17, 15) is 0 Å². The van der Waals surface area contributed by atoms with Crippen LogP contribution in [0.4, 0.5) is 0 Å². The van der Waals surface area contributed by atoms with Crippen molar-refractivity contribution in [2.75, 3.05) is 13.1 Å². The molecule has 0 unspecified atom stereocenters. The van der Waals surface area contributed by atoms with Crippen LogP contribution in [0.1, 0.15) is 29.8 Å². The summed E-state index contributed by atoms with van der Waals surface area (Å²) in [7, 11) is 2.01. The summed E-state index contributed by atoms with van der Waals surface area (Å²) in [6, 6.07) is 27.7. The fourth-order valence-corrected chi connectivity index (χ4v) is 4.64. The standard InChI is InChI=1S/C26H28ClN3/c1-29-20-24(27)14-8-9-17-28-25(29)21-30-18-15-26(16-19-30,22-10-4-2-5-11-22)23-12-6-3-7-13-23/h2-14,17,20H,15-16,18-19,21H2,1H3. The van der Waals surface area contributed by atoms with E-state index < -0.39 is 0 Å². The molecular weight excluding hydrogens is 390 g/mol. The minimum Gasteiger partial charge on any atom is -0.337 e. The molecule has 1 aliphatic rings. The molecule has 0 bridgehead atoms. The second kappa shape index (κ2) is 9.46. The SMILES string of the molecule is Cn1cc(Cl)ccccnc1CN1CCC(c2ccccc2)(c2ccccc2)CC1. The van der Waals surface area contributed by atoms with E-state index in [1.165, 1.54) is 11.1 Å². The number of halogens is 1. The van der Waals surface area contributed by atoms with Gasteiger partial charge in [0.25, 0.3) is 0 Å². The summed E-state index contributed by atoms with van der Waals surface area (Å²) in [4.78, 5) is 7.17. The summed E-state index contributed by atoms with van der Waals surface area (Å²) in [6.07, 6.45) is 5.94. The predicted octanol–water partition coefficient (Wildman–Crippen LogP) is 5.78. The molecule has 30 heavy (non-hydrogen) atoms. The van der Waals surface area contributed by atoms with Crippen molar-refractivity contribution in [3.8, 4) is 0 Å². The van der Waals surface area contributed by atoms with E-state index in [1.54, 1.807) is 0 Å². The molecule has 3 nitrogen and oxygen atoms in total. The van der Waals surface area contributed by atoms with E-state index in [0.29, 0.717) is 5.02 Å². The van der Waals surface area contributed by atoms with E-state index >= 15 is 0 Å². The third-order valence-electron chi connectivity index (χ3n) is 6.13. The Bertz CT molecular complexity index is 963. The topological polar surface area (TPSA) is 21.1 Å². The Kier molecular flexibility index (Phi) is 6.51. The molecule has 3 aromatic rings. The van der Waals surface area contributed by atoms with Gasteiger partial charge in [0.2, 0.25) is 0 Å². The van der Waals surface area contributed by atoms with Crippen LogP contribution >= 0.6 is 11.6 Å². The molecule has 1 saturated heterocycles. The second-order valence-corrected chi connectivity index (χ2v) is 8.40. The summed E-state index contributed by atoms with van der Waals surface area (Å²) in [6.45, 7) is 2.85. The lowest BCUT2D eigenvalue weighted by molar-refractivity contribution is 0.167. The van der Waals surface area contributed by atoms with Gasteiger partial charge in [-0.2, -0.15) is 0 Å². The number of aromatic nitrogens is 2. The Labute approximate surface area is 184 Å². The number of nitrogens with zero attached hydrogens (tertiary/aromatic N) is 3. The first-order valence-corrected chi connectivity index (χ1v) is 10.9. The van der Waals surface area contributed by atoms with Crippen LogP contribution in [0.2, 0.25) is 5.02 Å². The van der Waals surface area contributed by atoms with Crippen LogP contribution in [0, 0.1) is 0 Å². The van der Waals surface area contributed by atoms with Crippen LogP contribution in [0.15, 0.2) is 91.3 Å². The molecule has 0 radical (unpaired) electrons. The van der Waals surface area contributed by atoms with E-state index in [1.807, 2.05) is 42.2 Å². The molecule has 1 fully saturated rings. The Hall–Kier alpha value is -2.62. The Morgan fingerprint density at radius 3 is 2.00 bits per heavy atom. The summed E-state index contributed by atoms with van der Waals surface area (Å²) in [5.74, 6) is 1.00. The van der Waals surface area contributed by atoms with Gasteiger partial charge >= 0.3 is 0 Å². The van der Waals surface area contributed by atoms with Gasteiger partial charge < -0.3 is 4.57 Å². The van der Waals surface area contributed by atoms with E-state index in [-0.39, 0.29) is 5.41 Å². The third-order valence-corrected chi connectivity index (χ3v) is 6.35. The number of rotatable bonds is 4. The summed E-state index contributed by atoms with van der Waals surface area (Å²) in [5, 5.41) is 0.697. The quantitative estimate of drug-likeness (QED) is 0.536. The van der Waals surface area contributed by atoms with Crippen molar-refractivity contribution in [3.63, 3.8) is 0 Å². The van der Waals surface area contributed by atoms with Gasteiger partial charge in [0.1, 0.15) is 5.82 Å². The van der Waals surface area contributed by atoms with Gasteiger partial charge in [0.15, 0.2) is 0 Å². The summed E-state index contributed by atoms with van der Waals surface area (Å²) in [5.41, 5.74) is 2.89. The maximum atomic E-state index is 6.27. The highest BCUT2D eigenvalue weighted by atomic mass is 35.5. The lowest BCUT2D eigenvalue weighted by Crippen LogP contribution is -2.43. The number of likely N-dealkylation sites (tertiary alicyclic amines) is 1. The molecule has 1 aromatic heterocycles. The Morgan fingerprint density at radius 2 is 1.40 bits per heavy atom. The number of piperidine rings is 1. The molecule has 2 aromatic carbocycles. The number of hydrogen-bond acceptors (Lipinski definition) is 2. The first kappa shape index (κ1) is 20.6. The minimum atomic E-state index is 0.0676. The molecule has 1 aliphatic heterocycles. The molecule has 0 aliphatic carbocycles. The maximum Gasteiger partial charge on any atom is 0.122 e. The molecule has 154 valence electrons. The zero-order chi connectivity index (χ0) is 20.8. The van der Waals surface area contributed by atoms with Gasteiger partial charge in [0, 0.05) is 24.9 Å². The highest BCUT2D eigenvalue weighted by Crippen LogP contribution is 2.41. The smallest absolute Gasteiger partial charge is 0.122 e. The van der Waals surface area contributed by atoms with Gasteiger partial charge in [-0.1, -0.05) is 78.3 Å². The van der Waals surface area contributed by atoms with Crippen molar-refractivity contribution in [3.05, 3.63) is 113 Å². The lowest BCUT2D eigenvalue weighted by atomic mass is 9.68. The van der Waals surface area contributed by atoms with Crippen LogP contribution in [0.3, 0.4) is 0 Å². The average Bonchev–Trinajstić information content (AvgIpc) is 2.86. The average molecular weight is 418 g/mol. The summed E-state index contributed by atoms with van der Waals surface area (Å²) < 4.78 is 2.03. The van der Waals surface area contributed by atoms with Crippen molar-refractivity contribution in [1.29, 1.82) is 0 Å². The highest BCUT2D eigenvalue weighted by molar-refractivity contribution is 6.30. The Morgan fingerprint density at radius 1 is 0.833 bits per heavy atom. The number of benzene rings is 2. The van der Waals surface area contributed by atoms with E-state index in [4.69, 9.17) is 11.6 Å². The van der Waals surface area contributed by atoms with Crippen LogP contribution in [0.25, 0.3) is 0 Å². The third kappa shape index (κ3) is 4.58. The van der Waals surface area contributed by atoms with Crippen molar-refractivity contribution in [2.24, 2.45) is 7.05 Å². The molecular formula is C26H28ClN3. The predicted molar refractivity (Wildman–Crippen MR) is 124 cm³/mol. The molecule has 0 amide bonds. The van der Waals surface area contributed by atoms with Crippen LogP contribution in [-0.4, -0.2) is 27.5 Å². The number of hydrogen-bond donors (Lipinski definition) is 0. The zero-order valence-corrected chi connectivity index (χ0v) is 18.2. The van der Waals surface area contributed by atoms with Crippen LogP contribution < -0.4 is 0 Å². The first-order valence-electron chi connectivity index (χ1n) is 10.5. The molecule has 0 N–H and O–H groups in total. The fraction of sp³-hybridized carbons (Fsp3) is 0.269. The minimum absolute atomic E-state index is 0.0676. The van der Waals surface area contributed by atoms with Crippen molar-refractivity contribution >= 4 is 11.6 Å². The lowest BCUT2D eigenvalue weighted by Gasteiger charge is -2.43. The van der Waals surface area contributed by atoms with Crippen molar-refractivity contribution in [1.82, 2.24) is 14.5 Å². The molecule has 0 saturated carbocycles. The van der Waals surface area contributed by atoms with Gasteiger partial charge in [-0.25, -0.2) is 4.98 Å². The first-order chi connectivity index (χ1) is 14.7. The summed E-state index contributed by atoms with van der Waals surface area (Å²) >= 11 is 6.27. The van der Waals surface area contributed by atoms with Crippen molar-refractivity contribution in [2.45, 2.75) is 24.8 Å². The van der Waals surface area contributed by atoms with Crippen LogP contribution in [-0.2, 0) is 19.0 Å². The largest absolute Gasteiger partial charge is 0.337 e. The monoisotopic (exact) mass is 417 g/mol. The fourth-order valence-electron chi connectivity index (χ4n) is 4.42. The second-order valence-electron chi connectivity index (χ2n) is 7.96. The molecule has 0 spiro atoms. The molecule has 4 rings (SSSR count). The van der Waals surface area contributed by atoms with Crippen molar-refractivity contribution < 1.29 is 0 Å². The van der Waals surface area contributed by atoms with Gasteiger partial charge in [0.05, 0.1) is 11.6 Å². The van der Waals surface area contributed by atoms with E-state index in [0.717, 1.165) is 38.3 Å². The van der Waals surface area contributed by atoms with E-state index in [2.05, 4.69) is 70.5 Å². The normalized spacial score (nSPS) is 16.1. The van der Waals surface area contributed by atoms with Gasteiger partial charge in [-0.3, -0.25) is 4.90 Å². The van der Waals surface area contributed by atoms with Gasteiger partial charge in [-0.05, 0) is 49.2 Å². The molecule has 4 heteroatoms. The highest BCUT2D eigenvalue weighted by Gasteiger charge is 2.37. The molecule has 2 heterocycles. The van der Waals surface area contributed by atoms with Gasteiger partial charge in [-0.15, -0.1) is 0 Å².